The lowest BCUT2D eigenvalue weighted by molar-refractivity contribution is -0.893. The number of quaternary nitrogens is 1. The highest BCUT2D eigenvalue weighted by atomic mass is 32.2. The van der Waals surface area contributed by atoms with Gasteiger partial charge in [0.15, 0.2) is 0 Å². The number of aliphatic hydroxyl groups excluding tert-OH is 3. The predicted octanol–water partition coefficient (Wildman–Crippen LogP) is 3.34. The van der Waals surface area contributed by atoms with Gasteiger partial charge in [0.1, 0.15) is 12.6 Å². The molecule has 0 rings (SSSR count). The third-order valence-electron chi connectivity index (χ3n) is 7.09. The SMILES string of the molecule is C[N+](C)(CCC(CO)N(CCCS(=O)(=O)[O-])S(=O)(=O)C(F)(F)C(F)(F)C(F)(F)C(F)(F)C(F)(F)C(F)(F)C(F)(F)C(F)(F)C(F)(F)F)CC(O)CO. The summed E-state index contributed by atoms with van der Waals surface area (Å²) >= 11 is 0. The van der Waals surface area contributed by atoms with E-state index in [0.717, 1.165) is 14.1 Å². The number of likely N-dealkylation sites (N-methyl/N-ethyl adjacent to an activating group) is 1. The zero-order valence-electron chi connectivity index (χ0n) is 25.6. The van der Waals surface area contributed by atoms with Crippen LogP contribution in [-0.2, 0) is 20.1 Å². The van der Waals surface area contributed by atoms with Gasteiger partial charge in [0.2, 0.25) is 0 Å². The van der Waals surface area contributed by atoms with Gasteiger partial charge in [-0.1, -0.05) is 0 Å². The minimum absolute atomic E-state index is 0.530. The Hall–Kier alpha value is -1.67. The maximum Gasteiger partial charge on any atom is 0.460 e. The zero-order valence-corrected chi connectivity index (χ0v) is 27.2. The molecule has 3 N–H and O–H groups in total. The van der Waals surface area contributed by atoms with Crippen molar-refractivity contribution in [2.75, 3.05) is 52.7 Å². The summed E-state index contributed by atoms with van der Waals surface area (Å²) in [6.45, 7) is -6.17. The van der Waals surface area contributed by atoms with E-state index < -0.39 is 145 Å². The molecule has 0 aromatic carbocycles. The summed E-state index contributed by atoms with van der Waals surface area (Å²) in [5.74, 6) is -65.1. The Labute approximate surface area is 280 Å². The summed E-state index contributed by atoms with van der Waals surface area (Å²) in [4.78, 5) is 0. The second kappa shape index (κ2) is 15.1. The van der Waals surface area contributed by atoms with Crippen molar-refractivity contribution in [2.45, 2.75) is 77.9 Å². The molecule has 10 nitrogen and oxygen atoms in total. The van der Waals surface area contributed by atoms with Crippen molar-refractivity contribution in [3.05, 3.63) is 0 Å². The number of halogens is 19. The fraction of sp³-hybridized carbons (Fsp3) is 1.00. The van der Waals surface area contributed by atoms with Crippen molar-refractivity contribution in [1.29, 1.82) is 0 Å². The van der Waals surface area contributed by atoms with Crippen molar-refractivity contribution in [2.24, 2.45) is 0 Å². The molecular formula is C21H27F19N2O8S2. The zero-order chi connectivity index (χ0) is 42.4. The third-order valence-corrected chi connectivity index (χ3v) is 9.89. The quantitative estimate of drug-likeness (QED) is 0.0903. The van der Waals surface area contributed by atoms with Crippen LogP contribution >= 0.6 is 0 Å². The van der Waals surface area contributed by atoms with Crippen molar-refractivity contribution in [3.8, 4) is 0 Å². The molecule has 0 aromatic rings. The molecule has 0 fully saturated rings. The van der Waals surface area contributed by atoms with Crippen LogP contribution in [0.3, 0.4) is 0 Å². The van der Waals surface area contributed by atoms with E-state index in [9.17, 15) is 106 Å². The van der Waals surface area contributed by atoms with E-state index >= 15 is 8.78 Å². The lowest BCUT2D eigenvalue weighted by Crippen LogP contribution is -2.76. The molecule has 0 bridgehead atoms. The lowest BCUT2D eigenvalue weighted by atomic mass is 9.89. The van der Waals surface area contributed by atoms with Crippen LogP contribution < -0.4 is 0 Å². The number of hydrogen-bond donors (Lipinski definition) is 3. The average molecular weight is 861 g/mol. The Kier molecular flexibility index (Phi) is 14.6. The standard InChI is InChI=1S/C21H27F19N2O8S2/c1-42(2,8-12(45)10-44)6-4-11(9-43)41(5-3-7-51(46,47)48)52(49,50)21(39,40)19(34,35)17(30,31)15(26,27)13(22,23)14(24,25)16(28,29)18(32,33)20(36,37)38/h11-12,43-45H,3-10H2,1-2H3. The first-order valence-electron chi connectivity index (χ1n) is 13.2. The smallest absolute Gasteiger partial charge is 0.460 e. The van der Waals surface area contributed by atoms with Gasteiger partial charge in [-0.2, -0.15) is 87.7 Å². The molecule has 0 spiro atoms. The minimum Gasteiger partial charge on any atom is -0.748 e. The van der Waals surface area contributed by atoms with Crippen molar-refractivity contribution in [1.82, 2.24) is 4.31 Å². The third kappa shape index (κ3) is 8.74. The Balaban J connectivity index is 7.42. The van der Waals surface area contributed by atoms with Gasteiger partial charge in [0, 0.05) is 18.7 Å². The summed E-state index contributed by atoms with van der Waals surface area (Å²) in [5, 5.41) is 20.0. The Morgan fingerprint density at radius 3 is 1.33 bits per heavy atom. The van der Waals surface area contributed by atoms with Crippen LogP contribution in [0.2, 0.25) is 0 Å². The van der Waals surface area contributed by atoms with E-state index in [1.54, 1.807) is 0 Å². The summed E-state index contributed by atoms with van der Waals surface area (Å²) < 4.78 is 318. The molecule has 0 aliphatic heterocycles. The Bertz CT molecular complexity index is 1440. The summed E-state index contributed by atoms with van der Waals surface area (Å²) in [6, 6.07) is -2.71. The van der Waals surface area contributed by atoms with E-state index in [1.165, 1.54) is 0 Å². The van der Waals surface area contributed by atoms with Gasteiger partial charge in [0.25, 0.3) is 10.0 Å². The molecular weight excluding hydrogens is 833 g/mol. The maximum atomic E-state index is 15.0. The van der Waals surface area contributed by atoms with Crippen LogP contribution in [-0.4, -0.2) is 163 Å². The second-order valence-corrected chi connectivity index (χ2v) is 15.0. The van der Waals surface area contributed by atoms with Crippen LogP contribution in [0.4, 0.5) is 83.4 Å². The number of rotatable bonds is 21. The highest BCUT2D eigenvalue weighted by Gasteiger charge is 2.97. The predicted molar refractivity (Wildman–Crippen MR) is 131 cm³/mol. The number of aliphatic hydroxyl groups is 3. The van der Waals surface area contributed by atoms with Crippen molar-refractivity contribution in [3.63, 3.8) is 0 Å². The number of nitrogens with zero attached hydrogens (tertiary/aromatic N) is 2. The van der Waals surface area contributed by atoms with E-state index in [4.69, 9.17) is 5.11 Å². The largest absolute Gasteiger partial charge is 0.748 e. The van der Waals surface area contributed by atoms with Crippen LogP contribution in [0.5, 0.6) is 0 Å². The van der Waals surface area contributed by atoms with Gasteiger partial charge >= 0.3 is 52.9 Å². The van der Waals surface area contributed by atoms with E-state index in [1.807, 2.05) is 0 Å². The topological polar surface area (TPSA) is 155 Å². The molecule has 2 atom stereocenters. The average Bonchev–Trinajstić information content (AvgIpc) is 2.93. The molecule has 0 aromatic heterocycles. The lowest BCUT2D eigenvalue weighted by Gasteiger charge is -2.44. The Morgan fingerprint density at radius 2 is 1.00 bits per heavy atom. The minimum atomic E-state index is -9.32. The molecule has 0 aliphatic carbocycles. The van der Waals surface area contributed by atoms with Crippen molar-refractivity contribution >= 4 is 20.1 Å². The van der Waals surface area contributed by atoms with Gasteiger partial charge in [-0.25, -0.2) is 16.8 Å². The molecule has 0 saturated carbocycles. The molecule has 2 unspecified atom stereocenters. The highest BCUT2D eigenvalue weighted by Crippen LogP contribution is 2.65. The van der Waals surface area contributed by atoms with E-state index in [2.05, 4.69) is 0 Å². The summed E-state index contributed by atoms with van der Waals surface area (Å²) in [6.07, 6.45) is -12.5. The van der Waals surface area contributed by atoms with Gasteiger partial charge in [-0.15, -0.1) is 0 Å². The first-order valence-corrected chi connectivity index (χ1v) is 16.2. The molecule has 52 heavy (non-hydrogen) atoms. The normalized spacial score (nSPS) is 17.1. The summed E-state index contributed by atoms with van der Waals surface area (Å²) in [7, 11) is -11.3. The van der Waals surface area contributed by atoms with Gasteiger partial charge in [-0.3, -0.25) is 0 Å². The number of alkyl halides is 19. The van der Waals surface area contributed by atoms with Gasteiger partial charge in [0.05, 0.1) is 50.0 Å². The fourth-order valence-corrected chi connectivity index (χ4v) is 6.26. The van der Waals surface area contributed by atoms with Crippen LogP contribution in [0, 0.1) is 0 Å². The van der Waals surface area contributed by atoms with Gasteiger partial charge in [-0.05, 0) is 6.42 Å². The molecule has 0 heterocycles. The molecule has 314 valence electrons. The number of hydrogen-bond acceptors (Lipinski definition) is 8. The monoisotopic (exact) mass is 860 g/mol. The molecule has 0 aliphatic rings. The maximum absolute atomic E-state index is 15.0. The molecule has 0 radical (unpaired) electrons. The van der Waals surface area contributed by atoms with E-state index in [-0.39, 0.29) is 0 Å². The highest BCUT2D eigenvalue weighted by molar-refractivity contribution is 7.90. The summed E-state index contributed by atoms with van der Waals surface area (Å²) in [5.41, 5.74) is 0. The van der Waals surface area contributed by atoms with Crippen molar-refractivity contribution < 1.29 is 125 Å². The molecule has 0 amide bonds. The molecule has 31 heteroatoms. The molecule has 0 saturated heterocycles. The van der Waals surface area contributed by atoms with Crippen LogP contribution in [0.1, 0.15) is 12.8 Å². The number of sulfonamides is 1. The van der Waals surface area contributed by atoms with Gasteiger partial charge < -0.3 is 24.4 Å². The van der Waals surface area contributed by atoms with Crippen LogP contribution in [0.15, 0.2) is 0 Å². The Morgan fingerprint density at radius 1 is 0.635 bits per heavy atom. The second-order valence-electron chi connectivity index (χ2n) is 11.6. The fourth-order valence-electron chi connectivity index (χ4n) is 4.10. The van der Waals surface area contributed by atoms with E-state index in [0.29, 0.717) is 0 Å². The first kappa shape index (κ1) is 50.3. The van der Waals surface area contributed by atoms with Crippen LogP contribution in [0.25, 0.3) is 0 Å². The first-order chi connectivity index (χ1) is 22.5.